The third kappa shape index (κ3) is 2.82. The topological polar surface area (TPSA) is 34.1 Å². The van der Waals surface area contributed by atoms with Crippen LogP contribution in [-0.4, -0.2) is 12.1 Å². The Labute approximate surface area is 115 Å². The summed E-state index contributed by atoms with van der Waals surface area (Å²) in [6.07, 6.45) is 1.79. The summed E-state index contributed by atoms with van der Waals surface area (Å²) in [6.45, 7) is 4.08. The number of methoxy groups -OCH3 is 1. The van der Waals surface area contributed by atoms with Crippen molar-refractivity contribution < 1.29 is 4.74 Å². The van der Waals surface area contributed by atoms with Gasteiger partial charge in [0.25, 0.3) is 0 Å². The maximum Gasteiger partial charge on any atom is 0.142 e. The van der Waals surface area contributed by atoms with Crippen LogP contribution >= 0.6 is 15.9 Å². The third-order valence-corrected chi connectivity index (χ3v) is 3.49. The van der Waals surface area contributed by atoms with E-state index in [1.807, 2.05) is 38.1 Å². The minimum absolute atomic E-state index is 0.805. The maximum absolute atomic E-state index is 5.33. The van der Waals surface area contributed by atoms with E-state index in [-0.39, 0.29) is 0 Å². The molecule has 0 amide bonds. The van der Waals surface area contributed by atoms with Gasteiger partial charge in [-0.2, -0.15) is 0 Å². The van der Waals surface area contributed by atoms with Crippen LogP contribution in [0.25, 0.3) is 0 Å². The number of rotatable bonds is 3. The number of hydrogen-bond donors (Lipinski definition) is 1. The molecule has 18 heavy (non-hydrogen) atoms. The molecule has 1 N–H and O–H groups in total. The van der Waals surface area contributed by atoms with Crippen molar-refractivity contribution in [2.45, 2.75) is 13.8 Å². The first-order chi connectivity index (χ1) is 8.60. The summed E-state index contributed by atoms with van der Waals surface area (Å²) < 4.78 is 6.33. The lowest BCUT2D eigenvalue weighted by molar-refractivity contribution is 0.416. The van der Waals surface area contributed by atoms with Gasteiger partial charge < -0.3 is 10.1 Å². The van der Waals surface area contributed by atoms with Gasteiger partial charge in [0.15, 0.2) is 0 Å². The smallest absolute Gasteiger partial charge is 0.142 e. The Morgan fingerprint density at radius 2 is 2.00 bits per heavy atom. The van der Waals surface area contributed by atoms with Crippen LogP contribution in [-0.2, 0) is 0 Å². The zero-order valence-corrected chi connectivity index (χ0v) is 12.2. The van der Waals surface area contributed by atoms with Crippen molar-refractivity contribution in [3.05, 3.63) is 46.1 Å². The molecular formula is C14H15BrN2O. The van der Waals surface area contributed by atoms with Gasteiger partial charge in [-0.3, -0.25) is 0 Å². The largest absolute Gasteiger partial charge is 0.495 e. The zero-order valence-electron chi connectivity index (χ0n) is 10.6. The molecule has 0 fully saturated rings. The van der Waals surface area contributed by atoms with E-state index in [4.69, 9.17) is 4.74 Å². The molecule has 1 aromatic heterocycles. The Balaban J connectivity index is 2.33. The number of aromatic nitrogens is 1. The molecule has 0 spiro atoms. The predicted octanol–water partition coefficient (Wildman–Crippen LogP) is 4.21. The first-order valence-electron chi connectivity index (χ1n) is 5.64. The number of hydrogen-bond acceptors (Lipinski definition) is 3. The van der Waals surface area contributed by atoms with Crippen LogP contribution in [0.4, 0.5) is 11.5 Å². The number of aryl methyl sites for hydroxylation is 2. The van der Waals surface area contributed by atoms with E-state index in [9.17, 15) is 0 Å². The van der Waals surface area contributed by atoms with Crippen molar-refractivity contribution >= 4 is 27.4 Å². The second-order valence-corrected chi connectivity index (χ2v) is 5.00. The van der Waals surface area contributed by atoms with Gasteiger partial charge in [0.1, 0.15) is 11.6 Å². The molecule has 2 aromatic rings. The van der Waals surface area contributed by atoms with Crippen molar-refractivity contribution in [1.82, 2.24) is 4.98 Å². The van der Waals surface area contributed by atoms with Crippen LogP contribution in [0, 0.1) is 13.8 Å². The molecule has 4 heteroatoms. The van der Waals surface area contributed by atoms with Crippen LogP contribution in [0.15, 0.2) is 34.9 Å². The highest BCUT2D eigenvalue weighted by Gasteiger charge is 2.05. The van der Waals surface area contributed by atoms with E-state index in [1.165, 1.54) is 5.56 Å². The van der Waals surface area contributed by atoms with Gasteiger partial charge in [-0.1, -0.05) is 6.07 Å². The minimum atomic E-state index is 0.805. The normalized spacial score (nSPS) is 10.2. The molecule has 0 bridgehead atoms. The number of nitrogens with one attached hydrogen (secondary N) is 1. The van der Waals surface area contributed by atoms with E-state index in [1.54, 1.807) is 13.3 Å². The molecule has 3 nitrogen and oxygen atoms in total. The number of ether oxygens (including phenoxy) is 1. The number of anilines is 2. The van der Waals surface area contributed by atoms with Crippen LogP contribution in [0.3, 0.4) is 0 Å². The molecule has 0 radical (unpaired) electrons. The molecule has 0 unspecified atom stereocenters. The van der Waals surface area contributed by atoms with E-state index in [0.717, 1.165) is 27.3 Å². The Hall–Kier alpha value is -1.55. The monoisotopic (exact) mass is 306 g/mol. The van der Waals surface area contributed by atoms with Gasteiger partial charge >= 0.3 is 0 Å². The lowest BCUT2D eigenvalue weighted by atomic mass is 10.2. The molecule has 94 valence electrons. The van der Waals surface area contributed by atoms with Crippen molar-refractivity contribution in [3.63, 3.8) is 0 Å². The second-order valence-electron chi connectivity index (χ2n) is 4.15. The van der Waals surface area contributed by atoms with E-state index >= 15 is 0 Å². The van der Waals surface area contributed by atoms with E-state index in [0.29, 0.717) is 0 Å². The fourth-order valence-electron chi connectivity index (χ4n) is 1.67. The van der Waals surface area contributed by atoms with E-state index < -0.39 is 0 Å². The highest BCUT2D eigenvalue weighted by Crippen LogP contribution is 2.28. The highest BCUT2D eigenvalue weighted by atomic mass is 79.9. The summed E-state index contributed by atoms with van der Waals surface area (Å²) in [5.41, 5.74) is 3.23. The van der Waals surface area contributed by atoms with Crippen molar-refractivity contribution in [3.8, 4) is 5.75 Å². The van der Waals surface area contributed by atoms with Crippen molar-refractivity contribution in [2.24, 2.45) is 0 Å². The molecule has 1 aromatic carbocycles. The molecule has 2 rings (SSSR count). The van der Waals surface area contributed by atoms with E-state index in [2.05, 4.69) is 26.2 Å². The van der Waals surface area contributed by atoms with Gasteiger partial charge in [-0.05, 0) is 59.1 Å². The van der Waals surface area contributed by atoms with Crippen LogP contribution in [0.2, 0.25) is 0 Å². The summed E-state index contributed by atoms with van der Waals surface area (Å²) in [5.74, 6) is 1.61. The Bertz CT molecular complexity index is 570. The maximum atomic E-state index is 5.33. The molecule has 0 saturated heterocycles. The molecule has 0 atom stereocenters. The molecule has 0 saturated carbocycles. The van der Waals surface area contributed by atoms with Gasteiger partial charge in [0.05, 0.1) is 12.8 Å². The van der Waals surface area contributed by atoms with Gasteiger partial charge in [0.2, 0.25) is 0 Å². The van der Waals surface area contributed by atoms with Crippen LogP contribution in [0.1, 0.15) is 11.1 Å². The summed E-state index contributed by atoms with van der Waals surface area (Å²) in [7, 11) is 1.66. The number of pyridine rings is 1. The fraction of sp³-hybridized carbons (Fsp3) is 0.214. The van der Waals surface area contributed by atoms with Gasteiger partial charge in [0, 0.05) is 10.7 Å². The van der Waals surface area contributed by atoms with Crippen LogP contribution in [0.5, 0.6) is 5.75 Å². The molecular weight excluding hydrogens is 292 g/mol. The standard InChI is InChI=1S/C14H15BrN2O/c1-9-4-5-13(18-3)12(6-9)17-14-7-10(2)11(15)8-16-14/h4-8H,1-3H3,(H,16,17). The fourth-order valence-corrected chi connectivity index (χ4v) is 1.88. The molecule has 0 aliphatic heterocycles. The highest BCUT2D eigenvalue weighted by molar-refractivity contribution is 9.10. The molecule has 0 aliphatic rings. The molecule has 0 aliphatic carbocycles. The number of halogens is 1. The lowest BCUT2D eigenvalue weighted by Gasteiger charge is -2.12. The third-order valence-electron chi connectivity index (χ3n) is 2.66. The SMILES string of the molecule is COc1ccc(C)cc1Nc1cc(C)c(Br)cn1. The second kappa shape index (κ2) is 5.40. The first-order valence-corrected chi connectivity index (χ1v) is 6.43. The van der Waals surface area contributed by atoms with Gasteiger partial charge in [-0.15, -0.1) is 0 Å². The van der Waals surface area contributed by atoms with Crippen molar-refractivity contribution in [2.75, 3.05) is 12.4 Å². The van der Waals surface area contributed by atoms with Crippen LogP contribution < -0.4 is 10.1 Å². The Kier molecular flexibility index (Phi) is 3.87. The summed E-state index contributed by atoms with van der Waals surface area (Å²) >= 11 is 3.44. The average molecular weight is 307 g/mol. The number of nitrogens with zero attached hydrogens (tertiary/aromatic N) is 1. The minimum Gasteiger partial charge on any atom is -0.495 e. The quantitative estimate of drug-likeness (QED) is 0.922. The van der Waals surface area contributed by atoms with Crippen molar-refractivity contribution in [1.29, 1.82) is 0 Å². The predicted molar refractivity (Wildman–Crippen MR) is 77.7 cm³/mol. The average Bonchev–Trinajstić information content (AvgIpc) is 2.34. The zero-order chi connectivity index (χ0) is 13.1. The number of benzene rings is 1. The Morgan fingerprint density at radius 1 is 1.22 bits per heavy atom. The van der Waals surface area contributed by atoms with Gasteiger partial charge in [-0.25, -0.2) is 4.98 Å². The molecule has 1 heterocycles. The Morgan fingerprint density at radius 3 is 2.67 bits per heavy atom. The first kappa shape index (κ1) is 12.9. The summed E-state index contributed by atoms with van der Waals surface area (Å²) in [4.78, 5) is 4.33. The summed E-state index contributed by atoms with van der Waals surface area (Å²) in [5, 5.41) is 3.28. The summed E-state index contributed by atoms with van der Waals surface area (Å²) in [6, 6.07) is 8.00. The lowest BCUT2D eigenvalue weighted by Crippen LogP contribution is -1.97.